The van der Waals surface area contributed by atoms with Crippen LogP contribution in [0.1, 0.15) is 24.8 Å². The zero-order valence-electron chi connectivity index (χ0n) is 12.4. The quantitative estimate of drug-likeness (QED) is 0.747. The number of hydrogen-bond donors (Lipinski definition) is 1. The van der Waals surface area contributed by atoms with Crippen LogP contribution >= 0.6 is 35.0 Å². The number of rotatable bonds is 7. The highest BCUT2D eigenvalue weighted by Crippen LogP contribution is 2.25. The summed E-state index contributed by atoms with van der Waals surface area (Å²) >= 11 is 14.1. The van der Waals surface area contributed by atoms with E-state index in [0.717, 1.165) is 37.4 Å². The summed E-state index contributed by atoms with van der Waals surface area (Å²) in [7, 11) is 0. The second-order valence-electron chi connectivity index (χ2n) is 5.23. The Kier molecular flexibility index (Phi) is 7.87. The van der Waals surface area contributed by atoms with Crippen LogP contribution in [-0.4, -0.2) is 36.7 Å². The van der Waals surface area contributed by atoms with E-state index in [4.69, 9.17) is 27.9 Å². The smallest absolute Gasteiger partial charge is 0.220 e. The predicted octanol–water partition coefficient (Wildman–Crippen LogP) is 3.95. The first-order valence-electron chi connectivity index (χ1n) is 7.55. The van der Waals surface area contributed by atoms with Crippen molar-refractivity contribution in [3.63, 3.8) is 0 Å². The molecule has 1 aromatic rings. The van der Waals surface area contributed by atoms with Crippen molar-refractivity contribution in [1.82, 2.24) is 5.32 Å². The third kappa shape index (κ3) is 5.99. The first-order chi connectivity index (χ1) is 10.7. The van der Waals surface area contributed by atoms with Gasteiger partial charge in [0, 0.05) is 47.2 Å². The van der Waals surface area contributed by atoms with E-state index in [-0.39, 0.29) is 5.91 Å². The summed E-state index contributed by atoms with van der Waals surface area (Å²) < 4.78 is 5.33. The average Bonchev–Trinajstić information content (AvgIpc) is 2.52. The topological polar surface area (TPSA) is 38.3 Å². The largest absolute Gasteiger partial charge is 0.381 e. The zero-order valence-corrected chi connectivity index (χ0v) is 14.8. The Labute approximate surface area is 146 Å². The Morgan fingerprint density at radius 3 is 2.64 bits per heavy atom. The van der Waals surface area contributed by atoms with Gasteiger partial charge in [0.1, 0.15) is 0 Å². The van der Waals surface area contributed by atoms with E-state index in [1.54, 1.807) is 12.1 Å². The fraction of sp³-hybridized carbons (Fsp3) is 0.562. The Morgan fingerprint density at radius 2 is 1.95 bits per heavy atom. The Hall–Kier alpha value is -0.420. The molecule has 0 saturated carbocycles. The number of carbonyl (C=O) groups excluding carboxylic acids is 1. The number of nitrogens with one attached hydrogen (secondary N) is 1. The van der Waals surface area contributed by atoms with Crippen molar-refractivity contribution in [3.05, 3.63) is 33.8 Å². The molecule has 3 nitrogen and oxygen atoms in total. The third-order valence-corrected chi connectivity index (χ3v) is 5.70. The summed E-state index contributed by atoms with van der Waals surface area (Å²) in [6.07, 6.45) is 3.20. The first-order valence-corrected chi connectivity index (χ1v) is 9.36. The van der Waals surface area contributed by atoms with Crippen molar-refractivity contribution < 1.29 is 9.53 Å². The van der Waals surface area contributed by atoms with Crippen molar-refractivity contribution in [3.8, 4) is 0 Å². The Balaban J connectivity index is 1.61. The lowest BCUT2D eigenvalue weighted by Gasteiger charge is -2.21. The van der Waals surface area contributed by atoms with Gasteiger partial charge in [0.15, 0.2) is 0 Å². The van der Waals surface area contributed by atoms with Crippen molar-refractivity contribution in [1.29, 1.82) is 0 Å². The van der Waals surface area contributed by atoms with E-state index in [1.165, 1.54) is 0 Å². The maximum atomic E-state index is 11.9. The van der Waals surface area contributed by atoms with Crippen LogP contribution < -0.4 is 5.32 Å². The van der Waals surface area contributed by atoms with Gasteiger partial charge in [-0.2, -0.15) is 11.8 Å². The molecule has 1 aliphatic rings. The number of amides is 1. The molecule has 122 valence electrons. The van der Waals surface area contributed by atoms with E-state index in [0.29, 0.717) is 34.7 Å². The molecule has 22 heavy (non-hydrogen) atoms. The second-order valence-corrected chi connectivity index (χ2v) is 7.46. The molecular formula is C16H21Cl2NO2S. The second kappa shape index (κ2) is 9.66. The molecular weight excluding hydrogens is 341 g/mol. The van der Waals surface area contributed by atoms with Crippen LogP contribution in [0.2, 0.25) is 10.0 Å². The molecule has 1 heterocycles. The third-order valence-electron chi connectivity index (χ3n) is 3.61. The van der Waals surface area contributed by atoms with Crippen molar-refractivity contribution in [2.24, 2.45) is 0 Å². The van der Waals surface area contributed by atoms with Crippen LogP contribution in [0.4, 0.5) is 0 Å². The van der Waals surface area contributed by atoms with Crippen LogP contribution in [0, 0.1) is 0 Å². The maximum absolute atomic E-state index is 11.9. The molecule has 0 atom stereocenters. The monoisotopic (exact) mass is 361 g/mol. The molecule has 0 aliphatic carbocycles. The minimum Gasteiger partial charge on any atom is -0.381 e. The van der Waals surface area contributed by atoms with Gasteiger partial charge in [-0.3, -0.25) is 4.79 Å². The van der Waals surface area contributed by atoms with Crippen LogP contribution in [0.15, 0.2) is 18.2 Å². The molecule has 1 fully saturated rings. The van der Waals surface area contributed by atoms with Gasteiger partial charge in [0.2, 0.25) is 5.91 Å². The lowest BCUT2D eigenvalue weighted by Crippen LogP contribution is -2.27. The van der Waals surface area contributed by atoms with Crippen molar-refractivity contribution in [2.45, 2.75) is 30.9 Å². The summed E-state index contributed by atoms with van der Waals surface area (Å²) in [6.45, 7) is 2.43. The molecule has 2 rings (SSSR count). The van der Waals surface area contributed by atoms with Crippen LogP contribution in [-0.2, 0) is 16.0 Å². The number of benzene rings is 1. The average molecular weight is 362 g/mol. The summed E-state index contributed by atoms with van der Waals surface area (Å²) in [5.74, 6) is 0.993. The zero-order chi connectivity index (χ0) is 15.8. The van der Waals surface area contributed by atoms with Crippen LogP contribution in [0.25, 0.3) is 0 Å². The normalized spacial score (nSPS) is 15.7. The van der Waals surface area contributed by atoms with Gasteiger partial charge in [-0.25, -0.2) is 0 Å². The van der Waals surface area contributed by atoms with Crippen LogP contribution in [0.5, 0.6) is 0 Å². The minimum absolute atomic E-state index is 0.0450. The lowest BCUT2D eigenvalue weighted by molar-refractivity contribution is -0.120. The highest BCUT2D eigenvalue weighted by molar-refractivity contribution is 7.99. The molecule has 0 aromatic heterocycles. The summed E-state index contributed by atoms with van der Waals surface area (Å²) in [4.78, 5) is 11.9. The fourth-order valence-electron chi connectivity index (χ4n) is 2.36. The van der Waals surface area contributed by atoms with Gasteiger partial charge >= 0.3 is 0 Å². The first kappa shape index (κ1) is 17.9. The highest BCUT2D eigenvalue weighted by atomic mass is 35.5. The van der Waals surface area contributed by atoms with E-state index in [9.17, 15) is 4.79 Å². The molecule has 1 N–H and O–H groups in total. The van der Waals surface area contributed by atoms with E-state index >= 15 is 0 Å². The molecule has 0 radical (unpaired) electrons. The summed E-state index contributed by atoms with van der Waals surface area (Å²) in [6, 6.07) is 5.40. The molecule has 0 unspecified atom stereocenters. The molecule has 0 spiro atoms. The fourth-order valence-corrected chi connectivity index (χ4v) is 4.02. The SMILES string of the molecule is O=C(CCc1c(Cl)cccc1Cl)NCCSC1CCOCC1. The molecule has 6 heteroatoms. The number of carbonyl (C=O) groups is 1. The highest BCUT2D eigenvalue weighted by Gasteiger charge is 2.14. The van der Waals surface area contributed by atoms with Crippen molar-refractivity contribution >= 4 is 40.9 Å². The number of hydrogen-bond acceptors (Lipinski definition) is 3. The van der Waals surface area contributed by atoms with Gasteiger partial charge in [0.25, 0.3) is 0 Å². The molecule has 1 amide bonds. The molecule has 1 saturated heterocycles. The van der Waals surface area contributed by atoms with Gasteiger partial charge in [-0.1, -0.05) is 29.3 Å². The van der Waals surface area contributed by atoms with Gasteiger partial charge in [-0.15, -0.1) is 0 Å². The Bertz CT molecular complexity index is 473. The van der Waals surface area contributed by atoms with Gasteiger partial charge in [-0.05, 0) is 37.0 Å². The lowest BCUT2D eigenvalue weighted by atomic mass is 10.1. The molecule has 1 aromatic carbocycles. The van der Waals surface area contributed by atoms with Crippen molar-refractivity contribution in [2.75, 3.05) is 25.5 Å². The standard InChI is InChI=1S/C16H21Cl2NO2S/c17-14-2-1-3-15(18)13(14)4-5-16(20)19-8-11-22-12-6-9-21-10-7-12/h1-3,12H,4-11H2,(H,19,20). The van der Waals surface area contributed by atoms with Gasteiger partial charge in [0.05, 0.1) is 0 Å². The predicted molar refractivity (Wildman–Crippen MR) is 94.1 cm³/mol. The van der Waals surface area contributed by atoms with E-state index in [1.807, 2.05) is 17.8 Å². The number of thioether (sulfide) groups is 1. The maximum Gasteiger partial charge on any atom is 0.220 e. The number of ether oxygens (including phenoxy) is 1. The summed E-state index contributed by atoms with van der Waals surface area (Å²) in [5.41, 5.74) is 0.845. The Morgan fingerprint density at radius 1 is 1.27 bits per heavy atom. The molecule has 0 bridgehead atoms. The number of halogens is 2. The van der Waals surface area contributed by atoms with E-state index in [2.05, 4.69) is 5.32 Å². The minimum atomic E-state index is 0.0450. The molecule has 1 aliphatic heterocycles. The van der Waals surface area contributed by atoms with Crippen LogP contribution in [0.3, 0.4) is 0 Å². The summed E-state index contributed by atoms with van der Waals surface area (Å²) in [5, 5.41) is 4.87. The van der Waals surface area contributed by atoms with E-state index < -0.39 is 0 Å². The van der Waals surface area contributed by atoms with Gasteiger partial charge < -0.3 is 10.1 Å².